The summed E-state index contributed by atoms with van der Waals surface area (Å²) in [5.74, 6) is 0.441. The number of nitrogens with one attached hydrogen (secondary N) is 1. The lowest BCUT2D eigenvalue weighted by Crippen LogP contribution is -2.11. The highest BCUT2D eigenvalue weighted by molar-refractivity contribution is 5.60. The first kappa shape index (κ1) is 15.0. The van der Waals surface area contributed by atoms with Crippen LogP contribution in [-0.4, -0.2) is 19.7 Å². The molecule has 0 saturated carbocycles. The largest absolute Gasteiger partial charge is 0.360 e. The monoisotopic (exact) mass is 289 g/mol. The zero-order chi connectivity index (χ0) is 15.6. The Balaban J connectivity index is 2.34. The van der Waals surface area contributed by atoms with Gasteiger partial charge in [-0.2, -0.15) is 5.10 Å². The van der Waals surface area contributed by atoms with E-state index in [1.54, 1.807) is 24.0 Å². The number of hydrogen-bond acceptors (Lipinski definition) is 5. The normalized spacial score (nSPS) is 10.9. The summed E-state index contributed by atoms with van der Waals surface area (Å²) in [7, 11) is 0. The predicted molar refractivity (Wildman–Crippen MR) is 80.3 cm³/mol. The summed E-state index contributed by atoms with van der Waals surface area (Å²) in [5.41, 5.74) is 2.54. The van der Waals surface area contributed by atoms with Crippen LogP contribution >= 0.6 is 0 Å². The molecule has 0 radical (unpaired) electrons. The van der Waals surface area contributed by atoms with Crippen molar-refractivity contribution in [2.75, 3.05) is 5.32 Å². The lowest BCUT2D eigenvalue weighted by Gasteiger charge is -2.12. The maximum absolute atomic E-state index is 11.3. The molecule has 2 aromatic heterocycles. The first-order valence-corrected chi connectivity index (χ1v) is 6.78. The van der Waals surface area contributed by atoms with Crippen LogP contribution < -0.4 is 5.32 Å². The van der Waals surface area contributed by atoms with Crippen molar-refractivity contribution in [1.29, 1.82) is 0 Å². The first-order valence-electron chi connectivity index (χ1n) is 6.78. The molecule has 2 rings (SSSR count). The van der Waals surface area contributed by atoms with Gasteiger partial charge in [0.15, 0.2) is 0 Å². The number of nitro groups is 1. The molecule has 0 fully saturated rings. The first-order chi connectivity index (χ1) is 9.91. The van der Waals surface area contributed by atoms with Gasteiger partial charge in [0.25, 0.3) is 0 Å². The molecular weight excluding hydrogens is 270 g/mol. The number of aryl methyl sites for hydroxylation is 2. The van der Waals surface area contributed by atoms with Gasteiger partial charge in [0.1, 0.15) is 5.69 Å². The molecule has 2 aromatic rings. The second-order valence-corrected chi connectivity index (χ2v) is 5.23. The minimum Gasteiger partial charge on any atom is -0.360 e. The van der Waals surface area contributed by atoms with Crippen molar-refractivity contribution in [1.82, 2.24) is 14.8 Å². The standard InChI is InChI=1S/C14H19N5O2/c1-9(2)18-14(13(19(20)21)11(4)17-18)16-8-12-7-15-6-5-10(12)3/h5-7,9,16H,8H2,1-4H3. The fraction of sp³-hybridized carbons (Fsp3) is 0.429. The molecule has 0 aliphatic heterocycles. The van der Waals surface area contributed by atoms with Gasteiger partial charge in [-0.1, -0.05) is 0 Å². The highest BCUT2D eigenvalue weighted by Gasteiger charge is 2.26. The van der Waals surface area contributed by atoms with Gasteiger partial charge < -0.3 is 5.32 Å². The third-order valence-corrected chi connectivity index (χ3v) is 3.32. The number of nitrogens with zero attached hydrogens (tertiary/aromatic N) is 4. The van der Waals surface area contributed by atoms with Crippen LogP contribution in [0.2, 0.25) is 0 Å². The van der Waals surface area contributed by atoms with E-state index in [0.717, 1.165) is 11.1 Å². The van der Waals surface area contributed by atoms with E-state index in [0.29, 0.717) is 18.1 Å². The van der Waals surface area contributed by atoms with E-state index in [1.807, 2.05) is 26.8 Å². The van der Waals surface area contributed by atoms with Gasteiger partial charge in [-0.25, -0.2) is 4.68 Å². The second kappa shape index (κ2) is 5.90. The average Bonchev–Trinajstić information content (AvgIpc) is 2.75. The molecule has 112 valence electrons. The molecule has 0 amide bonds. The van der Waals surface area contributed by atoms with E-state index in [2.05, 4.69) is 15.4 Å². The van der Waals surface area contributed by atoms with Gasteiger partial charge in [0.05, 0.1) is 4.92 Å². The Morgan fingerprint density at radius 3 is 2.71 bits per heavy atom. The fourth-order valence-electron chi connectivity index (χ4n) is 2.16. The second-order valence-electron chi connectivity index (χ2n) is 5.23. The molecule has 0 aromatic carbocycles. The zero-order valence-corrected chi connectivity index (χ0v) is 12.6. The quantitative estimate of drug-likeness (QED) is 0.675. The molecule has 21 heavy (non-hydrogen) atoms. The maximum Gasteiger partial charge on any atom is 0.333 e. The predicted octanol–water partition coefficient (Wildman–Crippen LogP) is 3.00. The fourth-order valence-corrected chi connectivity index (χ4v) is 2.16. The molecule has 2 heterocycles. The molecule has 0 atom stereocenters. The SMILES string of the molecule is Cc1ccncc1CNc1c([N+](=O)[O-])c(C)nn1C(C)C. The average molecular weight is 289 g/mol. The number of anilines is 1. The maximum atomic E-state index is 11.3. The molecule has 0 aliphatic rings. The highest BCUT2D eigenvalue weighted by atomic mass is 16.6. The van der Waals surface area contributed by atoms with Crippen LogP contribution in [0.3, 0.4) is 0 Å². The van der Waals surface area contributed by atoms with E-state index in [4.69, 9.17) is 0 Å². The van der Waals surface area contributed by atoms with Crippen molar-refractivity contribution in [3.8, 4) is 0 Å². The number of hydrogen-bond donors (Lipinski definition) is 1. The Hall–Kier alpha value is -2.44. The van der Waals surface area contributed by atoms with Crippen molar-refractivity contribution in [2.45, 2.75) is 40.3 Å². The molecular formula is C14H19N5O2. The van der Waals surface area contributed by atoms with Crippen molar-refractivity contribution in [3.05, 3.63) is 45.4 Å². The van der Waals surface area contributed by atoms with Crippen molar-refractivity contribution in [2.24, 2.45) is 0 Å². The smallest absolute Gasteiger partial charge is 0.333 e. The van der Waals surface area contributed by atoms with Crippen LogP contribution in [0.15, 0.2) is 18.5 Å². The molecule has 0 aliphatic carbocycles. The van der Waals surface area contributed by atoms with E-state index < -0.39 is 0 Å². The van der Waals surface area contributed by atoms with Gasteiger partial charge in [-0.05, 0) is 44.9 Å². The Morgan fingerprint density at radius 1 is 1.43 bits per heavy atom. The molecule has 0 bridgehead atoms. The van der Waals surface area contributed by atoms with Crippen LogP contribution in [-0.2, 0) is 6.54 Å². The zero-order valence-electron chi connectivity index (χ0n) is 12.6. The van der Waals surface area contributed by atoms with E-state index in [1.165, 1.54) is 0 Å². The summed E-state index contributed by atoms with van der Waals surface area (Å²) < 4.78 is 1.65. The summed E-state index contributed by atoms with van der Waals surface area (Å²) >= 11 is 0. The molecule has 7 nitrogen and oxygen atoms in total. The van der Waals surface area contributed by atoms with Crippen LogP contribution in [0.1, 0.15) is 36.7 Å². The van der Waals surface area contributed by atoms with Crippen LogP contribution in [0.5, 0.6) is 0 Å². The third kappa shape index (κ3) is 3.01. The number of aromatic nitrogens is 3. The van der Waals surface area contributed by atoms with Crippen molar-refractivity contribution in [3.63, 3.8) is 0 Å². The molecule has 0 unspecified atom stereocenters. The van der Waals surface area contributed by atoms with E-state index in [9.17, 15) is 10.1 Å². The van der Waals surface area contributed by atoms with Crippen LogP contribution in [0.25, 0.3) is 0 Å². The molecule has 7 heteroatoms. The molecule has 1 N–H and O–H groups in total. The summed E-state index contributed by atoms with van der Waals surface area (Å²) in [6.45, 7) is 7.99. The van der Waals surface area contributed by atoms with Crippen molar-refractivity contribution >= 4 is 11.5 Å². The van der Waals surface area contributed by atoms with E-state index in [-0.39, 0.29) is 16.7 Å². The Morgan fingerprint density at radius 2 is 2.14 bits per heavy atom. The summed E-state index contributed by atoms with van der Waals surface area (Å²) in [6, 6.07) is 1.95. The van der Waals surface area contributed by atoms with Crippen LogP contribution in [0.4, 0.5) is 11.5 Å². The van der Waals surface area contributed by atoms with E-state index >= 15 is 0 Å². The summed E-state index contributed by atoms with van der Waals surface area (Å²) in [4.78, 5) is 14.9. The summed E-state index contributed by atoms with van der Waals surface area (Å²) in [5, 5.41) is 18.7. The molecule has 0 saturated heterocycles. The Kier molecular flexibility index (Phi) is 4.21. The highest BCUT2D eigenvalue weighted by Crippen LogP contribution is 2.31. The minimum atomic E-state index is -0.389. The minimum absolute atomic E-state index is 0.0326. The topological polar surface area (TPSA) is 85.9 Å². The van der Waals surface area contributed by atoms with Gasteiger partial charge in [0, 0.05) is 25.0 Å². The lowest BCUT2D eigenvalue weighted by molar-refractivity contribution is -0.384. The molecule has 0 spiro atoms. The number of rotatable bonds is 5. The van der Waals surface area contributed by atoms with Gasteiger partial charge in [-0.3, -0.25) is 15.1 Å². The van der Waals surface area contributed by atoms with Crippen LogP contribution in [0, 0.1) is 24.0 Å². The van der Waals surface area contributed by atoms with Gasteiger partial charge in [0.2, 0.25) is 5.82 Å². The Labute approximate surface area is 123 Å². The van der Waals surface area contributed by atoms with Gasteiger partial charge >= 0.3 is 5.69 Å². The number of pyridine rings is 1. The van der Waals surface area contributed by atoms with Crippen molar-refractivity contribution < 1.29 is 4.92 Å². The summed E-state index contributed by atoms with van der Waals surface area (Å²) in [6.07, 6.45) is 3.49. The lowest BCUT2D eigenvalue weighted by atomic mass is 10.1. The third-order valence-electron chi connectivity index (χ3n) is 3.32. The van der Waals surface area contributed by atoms with Gasteiger partial charge in [-0.15, -0.1) is 0 Å². The Bertz CT molecular complexity index is 663.